The van der Waals surface area contributed by atoms with Gasteiger partial charge in [-0.1, -0.05) is 30.3 Å². The summed E-state index contributed by atoms with van der Waals surface area (Å²) in [7, 11) is 0. The molecule has 1 N–H and O–H groups in total. The average molecular weight is 258 g/mol. The monoisotopic (exact) mass is 258 g/mol. The number of Topliss-reactive ketones (excluding diaryl/α,β-unsaturated/α-hetero) is 1. The van der Waals surface area contributed by atoms with Gasteiger partial charge in [-0.3, -0.25) is 19.4 Å². The number of benzene rings is 1. The Balaban J connectivity index is 2.28. The minimum atomic E-state index is -0.126. The Kier molecular flexibility index (Phi) is 4.00. The molecule has 0 aliphatic heterocycles. The van der Waals surface area contributed by atoms with Crippen LogP contribution in [0.2, 0.25) is 0 Å². The van der Waals surface area contributed by atoms with Crippen LogP contribution >= 0.6 is 0 Å². The molecule has 2 aromatic rings. The molecule has 2 rings (SSSR count). The lowest BCUT2D eigenvalue weighted by Crippen LogP contribution is -2.19. The highest BCUT2D eigenvalue weighted by Gasteiger charge is 2.16. The molecule has 1 aromatic heterocycles. The fraction of sp³-hybridized carbons (Fsp3) is 0.333. The molecule has 1 heterocycles. The first-order chi connectivity index (χ1) is 9.06. The van der Waals surface area contributed by atoms with Gasteiger partial charge in [0.2, 0.25) is 0 Å². The Hall–Kier alpha value is -2.10. The molecule has 0 spiro atoms. The molecule has 0 saturated carbocycles. The average Bonchev–Trinajstić information content (AvgIpc) is 2.68. The molecular formula is C15H18N2O2. The van der Waals surface area contributed by atoms with E-state index < -0.39 is 0 Å². The van der Waals surface area contributed by atoms with Crippen molar-refractivity contribution in [2.45, 2.75) is 32.7 Å². The number of rotatable bonds is 5. The number of carbonyl (C=O) groups is 1. The molecular weight excluding hydrogens is 240 g/mol. The summed E-state index contributed by atoms with van der Waals surface area (Å²) in [5, 5.41) is 2.78. The zero-order valence-electron chi connectivity index (χ0n) is 11.2. The predicted molar refractivity (Wildman–Crippen MR) is 74.3 cm³/mol. The van der Waals surface area contributed by atoms with Crippen LogP contribution in [0.1, 0.15) is 30.6 Å². The standard InChI is InChI=1S/C15H18N2O2/c1-11-8-15(19)16-17(11)14(9-12(2)18)10-13-6-4-3-5-7-13/h3-8,14H,9-10H2,1-2H3,(H,16,19)/t14-/m0/s1. The highest BCUT2D eigenvalue weighted by atomic mass is 16.1. The number of H-pyrrole nitrogens is 1. The van der Waals surface area contributed by atoms with Gasteiger partial charge in [0.1, 0.15) is 5.78 Å². The van der Waals surface area contributed by atoms with Crippen LogP contribution < -0.4 is 5.56 Å². The van der Waals surface area contributed by atoms with Crippen molar-refractivity contribution in [1.29, 1.82) is 0 Å². The summed E-state index contributed by atoms with van der Waals surface area (Å²) in [6.45, 7) is 3.45. The van der Waals surface area contributed by atoms with Gasteiger partial charge in [-0.25, -0.2) is 0 Å². The molecule has 4 nitrogen and oxygen atoms in total. The first kappa shape index (κ1) is 13.3. The minimum Gasteiger partial charge on any atom is -0.300 e. The second-order valence-corrected chi connectivity index (χ2v) is 4.88. The zero-order chi connectivity index (χ0) is 13.8. The zero-order valence-corrected chi connectivity index (χ0v) is 11.2. The SMILES string of the molecule is CC(=O)C[C@@H](Cc1ccccc1)n1[nH]c(=O)cc1C. The van der Waals surface area contributed by atoms with E-state index in [0.717, 1.165) is 17.7 Å². The van der Waals surface area contributed by atoms with E-state index in [-0.39, 0.29) is 17.4 Å². The van der Waals surface area contributed by atoms with Gasteiger partial charge in [-0.2, -0.15) is 0 Å². The van der Waals surface area contributed by atoms with E-state index >= 15 is 0 Å². The minimum absolute atomic E-state index is 0.0393. The van der Waals surface area contributed by atoms with Crippen LogP contribution in [0.15, 0.2) is 41.2 Å². The van der Waals surface area contributed by atoms with Crippen molar-refractivity contribution in [3.63, 3.8) is 0 Å². The summed E-state index contributed by atoms with van der Waals surface area (Å²) in [5.41, 5.74) is 1.88. The number of aryl methyl sites for hydroxylation is 1. The molecule has 100 valence electrons. The van der Waals surface area contributed by atoms with Crippen molar-refractivity contribution in [3.8, 4) is 0 Å². The Labute approximate surface area is 112 Å². The lowest BCUT2D eigenvalue weighted by molar-refractivity contribution is -0.117. The van der Waals surface area contributed by atoms with Gasteiger partial charge in [0, 0.05) is 18.2 Å². The third-order valence-electron chi connectivity index (χ3n) is 3.15. The van der Waals surface area contributed by atoms with Gasteiger partial charge in [0.05, 0.1) is 6.04 Å². The number of carbonyl (C=O) groups excluding carboxylic acids is 1. The van der Waals surface area contributed by atoms with E-state index in [9.17, 15) is 9.59 Å². The van der Waals surface area contributed by atoms with E-state index in [0.29, 0.717) is 6.42 Å². The van der Waals surface area contributed by atoms with Crippen molar-refractivity contribution in [1.82, 2.24) is 9.78 Å². The molecule has 0 bridgehead atoms. The lowest BCUT2D eigenvalue weighted by Gasteiger charge is -2.19. The highest BCUT2D eigenvalue weighted by Crippen LogP contribution is 2.18. The largest absolute Gasteiger partial charge is 0.300 e. The van der Waals surface area contributed by atoms with E-state index in [4.69, 9.17) is 0 Å². The summed E-state index contributed by atoms with van der Waals surface area (Å²) in [6, 6.07) is 11.5. The molecule has 0 aliphatic carbocycles. The van der Waals surface area contributed by atoms with Crippen LogP contribution in [0.5, 0.6) is 0 Å². The van der Waals surface area contributed by atoms with Crippen LogP contribution in [-0.4, -0.2) is 15.6 Å². The lowest BCUT2D eigenvalue weighted by atomic mass is 10.0. The molecule has 1 aromatic carbocycles. The van der Waals surface area contributed by atoms with Crippen LogP contribution in [0, 0.1) is 6.92 Å². The first-order valence-electron chi connectivity index (χ1n) is 6.38. The second kappa shape index (κ2) is 5.69. The number of hydrogen-bond donors (Lipinski definition) is 1. The quantitative estimate of drug-likeness (QED) is 0.894. The summed E-state index contributed by atoms with van der Waals surface area (Å²) >= 11 is 0. The Morgan fingerprint density at radius 2 is 2.00 bits per heavy atom. The van der Waals surface area contributed by atoms with Crippen molar-refractivity contribution >= 4 is 5.78 Å². The number of nitrogens with one attached hydrogen (secondary N) is 1. The summed E-state index contributed by atoms with van der Waals surface area (Å²) in [6.07, 6.45) is 1.15. The maximum atomic E-state index is 11.4. The third-order valence-corrected chi connectivity index (χ3v) is 3.15. The number of aromatic amines is 1. The second-order valence-electron chi connectivity index (χ2n) is 4.88. The first-order valence-corrected chi connectivity index (χ1v) is 6.38. The van der Waals surface area contributed by atoms with Gasteiger partial charge in [0.15, 0.2) is 0 Å². The van der Waals surface area contributed by atoms with Crippen LogP contribution in [0.25, 0.3) is 0 Å². The van der Waals surface area contributed by atoms with Crippen LogP contribution in [0.4, 0.5) is 0 Å². The van der Waals surface area contributed by atoms with Gasteiger partial charge >= 0.3 is 0 Å². The summed E-state index contributed by atoms with van der Waals surface area (Å²) in [5.74, 6) is 0.120. The van der Waals surface area contributed by atoms with Gasteiger partial charge in [-0.15, -0.1) is 0 Å². The number of aromatic nitrogens is 2. The van der Waals surface area contributed by atoms with Crippen molar-refractivity contribution in [2.24, 2.45) is 0 Å². The van der Waals surface area contributed by atoms with Crippen molar-refractivity contribution in [2.75, 3.05) is 0 Å². The molecule has 0 unspecified atom stereocenters. The normalized spacial score (nSPS) is 12.3. The molecule has 4 heteroatoms. The van der Waals surface area contributed by atoms with E-state index in [1.165, 1.54) is 0 Å². The molecule has 0 amide bonds. The highest BCUT2D eigenvalue weighted by molar-refractivity contribution is 5.75. The van der Waals surface area contributed by atoms with Gasteiger partial charge in [-0.05, 0) is 25.8 Å². The third kappa shape index (κ3) is 3.44. The van der Waals surface area contributed by atoms with E-state index in [1.807, 2.05) is 37.3 Å². The maximum Gasteiger partial charge on any atom is 0.264 e. The molecule has 0 saturated heterocycles. The molecule has 0 radical (unpaired) electrons. The molecule has 1 atom stereocenters. The van der Waals surface area contributed by atoms with Crippen molar-refractivity contribution in [3.05, 3.63) is 58.0 Å². The topological polar surface area (TPSA) is 54.9 Å². The van der Waals surface area contributed by atoms with Crippen molar-refractivity contribution < 1.29 is 4.79 Å². The number of nitrogens with zero attached hydrogens (tertiary/aromatic N) is 1. The smallest absolute Gasteiger partial charge is 0.264 e. The Bertz CT molecular complexity index is 611. The van der Waals surface area contributed by atoms with Crippen LogP contribution in [0.3, 0.4) is 0 Å². The number of hydrogen-bond acceptors (Lipinski definition) is 2. The van der Waals surface area contributed by atoms with Gasteiger partial charge < -0.3 is 0 Å². The fourth-order valence-corrected chi connectivity index (χ4v) is 2.35. The Morgan fingerprint density at radius 3 is 2.53 bits per heavy atom. The van der Waals surface area contributed by atoms with E-state index in [2.05, 4.69) is 5.10 Å². The molecule has 0 aliphatic rings. The predicted octanol–water partition coefficient (Wildman–Crippen LogP) is 2.25. The molecule has 0 fully saturated rings. The maximum absolute atomic E-state index is 11.4. The summed E-state index contributed by atoms with van der Waals surface area (Å²) < 4.78 is 1.80. The van der Waals surface area contributed by atoms with Gasteiger partial charge in [0.25, 0.3) is 5.56 Å². The number of ketones is 1. The van der Waals surface area contributed by atoms with E-state index in [1.54, 1.807) is 17.7 Å². The fourth-order valence-electron chi connectivity index (χ4n) is 2.35. The van der Waals surface area contributed by atoms with Crippen LogP contribution in [-0.2, 0) is 11.2 Å². The summed E-state index contributed by atoms with van der Waals surface area (Å²) in [4.78, 5) is 22.8. The Morgan fingerprint density at radius 1 is 1.32 bits per heavy atom. The molecule has 19 heavy (non-hydrogen) atoms.